The number of nitrogens with zero attached hydrogens (tertiary/aromatic N) is 1. The molecule has 1 atom stereocenters. The first-order chi connectivity index (χ1) is 13.1. The number of hydrogen-bond acceptors (Lipinski definition) is 4. The van der Waals surface area contributed by atoms with Crippen LogP contribution in [-0.2, 0) is 17.6 Å². The van der Waals surface area contributed by atoms with Gasteiger partial charge in [0.05, 0.1) is 24.1 Å². The Balaban J connectivity index is 1.36. The van der Waals surface area contributed by atoms with E-state index in [0.717, 1.165) is 42.7 Å². The number of carbonyl (C=O) groups excluding carboxylic acids is 1. The number of rotatable bonds is 5. The Labute approximate surface area is 154 Å². The summed E-state index contributed by atoms with van der Waals surface area (Å²) in [6, 6.07) is 5.11. The summed E-state index contributed by atoms with van der Waals surface area (Å²) in [7, 11) is 0. The van der Waals surface area contributed by atoms with E-state index in [4.69, 9.17) is 8.83 Å². The van der Waals surface area contributed by atoms with Gasteiger partial charge in [-0.3, -0.25) is 4.79 Å². The summed E-state index contributed by atoms with van der Waals surface area (Å²) in [5, 5.41) is 3.02. The topological polar surface area (TPSA) is 68.3 Å². The molecule has 0 fully saturated rings. The van der Waals surface area contributed by atoms with E-state index >= 15 is 0 Å². The molecular formula is C20H18F2N2O3. The van der Waals surface area contributed by atoms with Gasteiger partial charge in [0.1, 0.15) is 17.4 Å². The van der Waals surface area contributed by atoms with Crippen molar-refractivity contribution in [1.82, 2.24) is 10.3 Å². The van der Waals surface area contributed by atoms with Crippen LogP contribution < -0.4 is 5.32 Å². The summed E-state index contributed by atoms with van der Waals surface area (Å²) in [6.45, 7) is 0. The van der Waals surface area contributed by atoms with Crippen molar-refractivity contribution < 1.29 is 22.4 Å². The lowest BCUT2D eigenvalue weighted by Crippen LogP contribution is -2.30. The Morgan fingerprint density at radius 1 is 1.30 bits per heavy atom. The third-order valence-electron chi connectivity index (χ3n) is 4.70. The van der Waals surface area contributed by atoms with Gasteiger partial charge >= 0.3 is 0 Å². The van der Waals surface area contributed by atoms with Gasteiger partial charge in [0, 0.05) is 30.9 Å². The number of nitrogens with one attached hydrogen (secondary N) is 1. The maximum Gasteiger partial charge on any atom is 0.220 e. The molecule has 1 aliphatic rings. The third-order valence-corrected chi connectivity index (χ3v) is 4.70. The Hall–Kier alpha value is -2.96. The van der Waals surface area contributed by atoms with Gasteiger partial charge in [-0.25, -0.2) is 13.8 Å². The summed E-state index contributed by atoms with van der Waals surface area (Å²) in [5.74, 6) is -0.0125. The zero-order chi connectivity index (χ0) is 18.8. The van der Waals surface area contributed by atoms with E-state index in [2.05, 4.69) is 10.3 Å². The first-order valence-corrected chi connectivity index (χ1v) is 8.86. The van der Waals surface area contributed by atoms with Crippen molar-refractivity contribution in [2.45, 2.75) is 38.1 Å². The van der Waals surface area contributed by atoms with Crippen LogP contribution in [0.1, 0.15) is 42.5 Å². The van der Waals surface area contributed by atoms with Crippen LogP contribution in [-0.4, -0.2) is 10.9 Å². The molecule has 1 aliphatic carbocycles. The standard InChI is InChI=1S/C20H18F2N2O3/c21-12-4-5-13(15(22)10-12)18-11-23-20(27-18)7-6-19(25)24-16-2-1-3-17-14(16)8-9-26-17/h4-5,8-11,16H,1-3,6-7H2,(H,24,25). The largest absolute Gasteiger partial charge is 0.469 e. The molecule has 0 bridgehead atoms. The predicted octanol–water partition coefficient (Wildman–Crippen LogP) is 4.34. The molecule has 1 amide bonds. The van der Waals surface area contributed by atoms with E-state index in [9.17, 15) is 13.6 Å². The van der Waals surface area contributed by atoms with Gasteiger partial charge in [0.25, 0.3) is 0 Å². The van der Waals surface area contributed by atoms with E-state index in [1.54, 1.807) is 6.26 Å². The van der Waals surface area contributed by atoms with Crippen LogP contribution in [0.3, 0.4) is 0 Å². The highest BCUT2D eigenvalue weighted by Gasteiger charge is 2.24. The minimum atomic E-state index is -0.719. The summed E-state index contributed by atoms with van der Waals surface area (Å²) < 4.78 is 37.8. The van der Waals surface area contributed by atoms with Crippen LogP contribution in [0.5, 0.6) is 0 Å². The molecule has 3 aromatic rings. The van der Waals surface area contributed by atoms with E-state index in [1.165, 1.54) is 12.3 Å². The first-order valence-electron chi connectivity index (χ1n) is 8.86. The predicted molar refractivity (Wildman–Crippen MR) is 92.7 cm³/mol. The number of carbonyl (C=O) groups is 1. The van der Waals surface area contributed by atoms with Crippen molar-refractivity contribution >= 4 is 5.91 Å². The Morgan fingerprint density at radius 2 is 2.19 bits per heavy atom. The molecule has 7 heteroatoms. The van der Waals surface area contributed by atoms with Gasteiger partial charge in [-0.15, -0.1) is 0 Å². The second kappa shape index (κ2) is 7.34. The third kappa shape index (κ3) is 3.77. The molecular weight excluding hydrogens is 354 g/mol. The minimum Gasteiger partial charge on any atom is -0.469 e. The quantitative estimate of drug-likeness (QED) is 0.723. The summed E-state index contributed by atoms with van der Waals surface area (Å²) in [6.07, 6.45) is 6.27. The molecule has 0 radical (unpaired) electrons. The number of hydrogen-bond donors (Lipinski definition) is 1. The van der Waals surface area contributed by atoms with Gasteiger partial charge in [-0.05, 0) is 31.0 Å². The number of halogens is 2. The van der Waals surface area contributed by atoms with E-state index in [-0.39, 0.29) is 29.7 Å². The SMILES string of the molecule is O=C(CCc1ncc(-c2ccc(F)cc2F)o1)NC1CCCc2occc21. The maximum atomic E-state index is 13.8. The lowest BCUT2D eigenvalue weighted by molar-refractivity contribution is -0.122. The lowest BCUT2D eigenvalue weighted by Gasteiger charge is -2.22. The van der Waals surface area contributed by atoms with Crippen LogP contribution in [0, 0.1) is 11.6 Å². The van der Waals surface area contributed by atoms with Gasteiger partial charge < -0.3 is 14.2 Å². The molecule has 2 aromatic heterocycles. The molecule has 27 heavy (non-hydrogen) atoms. The number of amides is 1. The molecule has 140 valence electrons. The summed E-state index contributed by atoms with van der Waals surface area (Å²) >= 11 is 0. The molecule has 1 unspecified atom stereocenters. The lowest BCUT2D eigenvalue weighted by atomic mass is 9.93. The number of aromatic nitrogens is 1. The van der Waals surface area contributed by atoms with Gasteiger partial charge in [-0.2, -0.15) is 0 Å². The monoisotopic (exact) mass is 372 g/mol. The van der Waals surface area contributed by atoms with E-state index in [1.807, 2.05) is 6.07 Å². The first kappa shape index (κ1) is 17.5. The second-order valence-electron chi connectivity index (χ2n) is 6.55. The zero-order valence-electron chi connectivity index (χ0n) is 14.5. The number of furan rings is 1. The van der Waals surface area contributed by atoms with Crippen molar-refractivity contribution in [3.63, 3.8) is 0 Å². The molecule has 1 aromatic carbocycles. The molecule has 1 N–H and O–H groups in total. The van der Waals surface area contributed by atoms with Crippen LogP contribution in [0.25, 0.3) is 11.3 Å². The highest BCUT2D eigenvalue weighted by Crippen LogP contribution is 2.30. The van der Waals surface area contributed by atoms with Crippen LogP contribution in [0.2, 0.25) is 0 Å². The Morgan fingerprint density at radius 3 is 3.04 bits per heavy atom. The maximum absolute atomic E-state index is 13.8. The number of oxazole rings is 1. The van der Waals surface area contributed by atoms with Crippen molar-refractivity contribution in [2.24, 2.45) is 0 Å². The van der Waals surface area contributed by atoms with Crippen molar-refractivity contribution in [2.75, 3.05) is 0 Å². The molecule has 0 saturated heterocycles. The molecule has 2 heterocycles. The van der Waals surface area contributed by atoms with Crippen molar-refractivity contribution in [3.8, 4) is 11.3 Å². The van der Waals surface area contributed by atoms with Crippen LogP contribution >= 0.6 is 0 Å². The number of aryl methyl sites for hydroxylation is 2. The zero-order valence-corrected chi connectivity index (χ0v) is 14.5. The number of benzene rings is 1. The Kier molecular flexibility index (Phi) is 4.75. The van der Waals surface area contributed by atoms with Crippen LogP contribution in [0.4, 0.5) is 8.78 Å². The molecule has 4 rings (SSSR count). The van der Waals surface area contributed by atoms with Gasteiger partial charge in [0.2, 0.25) is 5.91 Å². The normalized spacial score (nSPS) is 16.1. The van der Waals surface area contributed by atoms with Crippen molar-refractivity contribution in [1.29, 1.82) is 0 Å². The highest BCUT2D eigenvalue weighted by molar-refractivity contribution is 5.76. The van der Waals surface area contributed by atoms with E-state index < -0.39 is 11.6 Å². The smallest absolute Gasteiger partial charge is 0.220 e. The van der Waals surface area contributed by atoms with Gasteiger partial charge in [-0.1, -0.05) is 0 Å². The molecule has 0 spiro atoms. The van der Waals surface area contributed by atoms with Crippen LogP contribution in [0.15, 0.2) is 45.6 Å². The Bertz CT molecular complexity index is 964. The molecule has 5 nitrogen and oxygen atoms in total. The average Bonchev–Trinajstić information content (AvgIpc) is 3.30. The van der Waals surface area contributed by atoms with Crippen molar-refractivity contribution in [3.05, 3.63) is 65.6 Å². The number of fused-ring (bicyclic) bond motifs is 1. The molecule has 0 aliphatic heterocycles. The fraction of sp³-hybridized carbons (Fsp3) is 0.300. The van der Waals surface area contributed by atoms with E-state index in [0.29, 0.717) is 12.3 Å². The fourth-order valence-electron chi connectivity index (χ4n) is 3.36. The van der Waals surface area contributed by atoms with Gasteiger partial charge in [0.15, 0.2) is 11.7 Å². The average molecular weight is 372 g/mol. The highest BCUT2D eigenvalue weighted by atomic mass is 19.1. The second-order valence-corrected chi connectivity index (χ2v) is 6.55. The molecule has 0 saturated carbocycles. The summed E-state index contributed by atoms with van der Waals surface area (Å²) in [5.41, 5.74) is 1.18. The fourth-order valence-corrected chi connectivity index (χ4v) is 3.36. The minimum absolute atomic E-state index is 0.0339. The summed E-state index contributed by atoms with van der Waals surface area (Å²) in [4.78, 5) is 16.4.